The lowest BCUT2D eigenvalue weighted by Crippen LogP contribution is -2.30. The summed E-state index contributed by atoms with van der Waals surface area (Å²) in [6.07, 6.45) is 1.68. The van der Waals surface area contributed by atoms with Crippen molar-refractivity contribution in [3.05, 3.63) is 95.8 Å². The largest absolute Gasteiger partial charge is 0.346 e. The molecule has 1 amide bonds. The predicted octanol–water partition coefficient (Wildman–Crippen LogP) is 3.22. The van der Waals surface area contributed by atoms with E-state index >= 15 is 0 Å². The molecule has 0 fully saturated rings. The van der Waals surface area contributed by atoms with Crippen LogP contribution in [0.2, 0.25) is 0 Å². The van der Waals surface area contributed by atoms with Gasteiger partial charge in [0.05, 0.1) is 17.1 Å². The van der Waals surface area contributed by atoms with Crippen LogP contribution in [0.15, 0.2) is 83.9 Å². The fourth-order valence-electron chi connectivity index (χ4n) is 2.85. The van der Waals surface area contributed by atoms with Gasteiger partial charge in [-0.1, -0.05) is 43.3 Å². The molecule has 3 aromatic rings. The number of sulfonamides is 1. The van der Waals surface area contributed by atoms with E-state index in [4.69, 9.17) is 0 Å². The molecule has 0 aliphatic heterocycles. The van der Waals surface area contributed by atoms with Gasteiger partial charge in [-0.25, -0.2) is 8.42 Å². The van der Waals surface area contributed by atoms with Crippen molar-refractivity contribution in [3.63, 3.8) is 0 Å². The number of amides is 1. The zero-order chi connectivity index (χ0) is 20.7. The van der Waals surface area contributed by atoms with Gasteiger partial charge in [0.1, 0.15) is 0 Å². The van der Waals surface area contributed by atoms with Crippen molar-refractivity contribution in [1.29, 1.82) is 0 Å². The molecule has 1 N–H and O–H groups in total. The maximum atomic E-state index is 12.8. The van der Waals surface area contributed by atoms with Crippen LogP contribution in [0.25, 0.3) is 0 Å². The number of benzene rings is 2. The lowest BCUT2D eigenvalue weighted by molar-refractivity contribution is 0.0950. The smallest absolute Gasteiger partial charge is 0.251 e. The quantitative estimate of drug-likeness (QED) is 0.620. The molecule has 0 saturated carbocycles. The van der Waals surface area contributed by atoms with Gasteiger partial charge < -0.3 is 5.32 Å². The van der Waals surface area contributed by atoms with Gasteiger partial charge in [-0.05, 0) is 42.0 Å². The maximum absolute atomic E-state index is 12.8. The van der Waals surface area contributed by atoms with Gasteiger partial charge in [-0.15, -0.1) is 0 Å². The summed E-state index contributed by atoms with van der Waals surface area (Å²) in [6, 6.07) is 20.9. The average molecular weight is 410 g/mol. The molecular weight excluding hydrogens is 386 g/mol. The minimum absolute atomic E-state index is 0.202. The molecule has 0 atom stereocenters. The highest BCUT2D eigenvalue weighted by Gasteiger charge is 2.22. The van der Waals surface area contributed by atoms with Crippen LogP contribution in [-0.2, 0) is 23.1 Å². The maximum Gasteiger partial charge on any atom is 0.251 e. The molecular formula is C22H23N3O3S. The summed E-state index contributed by atoms with van der Waals surface area (Å²) >= 11 is 0. The van der Waals surface area contributed by atoms with Gasteiger partial charge in [0.15, 0.2) is 0 Å². The summed E-state index contributed by atoms with van der Waals surface area (Å²) in [5.74, 6) is -0.202. The number of nitrogens with one attached hydrogen (secondary N) is 1. The number of rotatable bonds is 8. The molecule has 0 aliphatic carbocycles. The summed E-state index contributed by atoms with van der Waals surface area (Å²) in [4.78, 5) is 16.7. The highest BCUT2D eigenvalue weighted by molar-refractivity contribution is 7.89. The Balaban J connectivity index is 1.65. The average Bonchev–Trinajstić information content (AvgIpc) is 2.77. The van der Waals surface area contributed by atoms with Gasteiger partial charge in [-0.2, -0.15) is 4.31 Å². The lowest BCUT2D eigenvalue weighted by Gasteiger charge is -2.20. The van der Waals surface area contributed by atoms with E-state index in [1.165, 1.54) is 4.31 Å². The predicted molar refractivity (Wildman–Crippen MR) is 112 cm³/mol. The van der Waals surface area contributed by atoms with E-state index in [2.05, 4.69) is 10.3 Å². The number of hydrogen-bond acceptors (Lipinski definition) is 4. The van der Waals surface area contributed by atoms with E-state index in [-0.39, 0.29) is 17.3 Å². The summed E-state index contributed by atoms with van der Waals surface area (Å²) < 4.78 is 27.1. The summed E-state index contributed by atoms with van der Waals surface area (Å²) in [6.45, 7) is 2.74. The highest BCUT2D eigenvalue weighted by Crippen LogP contribution is 2.18. The first-order chi connectivity index (χ1) is 14.0. The molecule has 3 rings (SSSR count). The van der Waals surface area contributed by atoms with Crippen molar-refractivity contribution in [2.45, 2.75) is 24.9 Å². The molecule has 1 heterocycles. The van der Waals surface area contributed by atoms with Crippen LogP contribution in [0.4, 0.5) is 0 Å². The molecule has 7 heteroatoms. The highest BCUT2D eigenvalue weighted by atomic mass is 32.2. The van der Waals surface area contributed by atoms with Gasteiger partial charge in [0.25, 0.3) is 5.91 Å². The van der Waals surface area contributed by atoms with E-state index in [0.717, 1.165) is 11.3 Å². The molecule has 2 aromatic carbocycles. The first-order valence-electron chi connectivity index (χ1n) is 9.33. The number of carbonyl (C=O) groups excluding carboxylic acids is 1. The molecule has 150 valence electrons. The number of hydrogen-bond donors (Lipinski definition) is 1. The van der Waals surface area contributed by atoms with Crippen LogP contribution in [0, 0.1) is 0 Å². The standard InChI is InChI=1S/C22H23N3O3S/c1-2-25(29(27,28)21-9-4-3-5-10-21)17-18-11-13-19(14-12-18)22(26)24-16-20-8-6-7-15-23-20/h3-15H,2,16-17H2,1H3,(H,24,26). The Bertz CT molecular complexity index is 1040. The van der Waals surface area contributed by atoms with Crippen molar-refractivity contribution >= 4 is 15.9 Å². The first-order valence-corrected chi connectivity index (χ1v) is 10.8. The Morgan fingerprint density at radius 3 is 2.28 bits per heavy atom. The third-order valence-electron chi connectivity index (χ3n) is 4.46. The topological polar surface area (TPSA) is 79.4 Å². The van der Waals surface area contributed by atoms with Gasteiger partial charge >= 0.3 is 0 Å². The third-order valence-corrected chi connectivity index (χ3v) is 6.40. The number of carbonyl (C=O) groups is 1. The second-order valence-corrected chi connectivity index (χ2v) is 8.38. The SMILES string of the molecule is CCN(Cc1ccc(C(=O)NCc2ccccn2)cc1)S(=O)(=O)c1ccccc1. The zero-order valence-corrected chi connectivity index (χ0v) is 17.0. The molecule has 1 aromatic heterocycles. The number of pyridine rings is 1. The monoisotopic (exact) mass is 409 g/mol. The van der Waals surface area contributed by atoms with E-state index < -0.39 is 10.0 Å². The summed E-state index contributed by atoms with van der Waals surface area (Å²) in [7, 11) is -3.57. The second-order valence-electron chi connectivity index (χ2n) is 6.44. The normalized spacial score (nSPS) is 11.4. The number of aromatic nitrogens is 1. The van der Waals surface area contributed by atoms with Crippen LogP contribution < -0.4 is 5.32 Å². The molecule has 0 aliphatic rings. The van der Waals surface area contributed by atoms with Gasteiger partial charge in [0.2, 0.25) is 10.0 Å². The molecule has 6 nitrogen and oxygen atoms in total. The molecule has 0 unspecified atom stereocenters. The summed E-state index contributed by atoms with van der Waals surface area (Å²) in [5, 5.41) is 2.82. The Labute approximate surface area is 171 Å². The van der Waals surface area contributed by atoms with E-state index in [1.807, 2.05) is 18.2 Å². The Morgan fingerprint density at radius 2 is 1.66 bits per heavy atom. The molecule has 0 saturated heterocycles. The first kappa shape index (κ1) is 20.7. The van der Waals surface area contributed by atoms with Crippen molar-refractivity contribution < 1.29 is 13.2 Å². The van der Waals surface area contributed by atoms with Crippen LogP contribution >= 0.6 is 0 Å². The Kier molecular flexibility index (Phi) is 6.74. The molecule has 0 radical (unpaired) electrons. The van der Waals surface area contributed by atoms with Crippen molar-refractivity contribution in [2.75, 3.05) is 6.54 Å². The van der Waals surface area contributed by atoms with E-state index in [9.17, 15) is 13.2 Å². The molecule has 29 heavy (non-hydrogen) atoms. The zero-order valence-electron chi connectivity index (χ0n) is 16.2. The second kappa shape index (κ2) is 9.45. The minimum Gasteiger partial charge on any atom is -0.346 e. The van der Waals surface area contributed by atoms with Crippen LogP contribution in [0.3, 0.4) is 0 Å². The van der Waals surface area contributed by atoms with Crippen LogP contribution in [0.1, 0.15) is 28.5 Å². The van der Waals surface area contributed by atoms with Crippen LogP contribution in [0.5, 0.6) is 0 Å². The summed E-state index contributed by atoms with van der Waals surface area (Å²) in [5.41, 5.74) is 2.11. The van der Waals surface area contributed by atoms with E-state index in [1.54, 1.807) is 67.7 Å². The molecule has 0 spiro atoms. The third kappa shape index (κ3) is 5.28. The van der Waals surface area contributed by atoms with Crippen molar-refractivity contribution in [2.24, 2.45) is 0 Å². The fraction of sp³-hybridized carbons (Fsp3) is 0.182. The van der Waals surface area contributed by atoms with Crippen molar-refractivity contribution in [1.82, 2.24) is 14.6 Å². The van der Waals surface area contributed by atoms with Gasteiger partial charge in [-0.3, -0.25) is 9.78 Å². The van der Waals surface area contributed by atoms with Crippen molar-refractivity contribution in [3.8, 4) is 0 Å². The lowest BCUT2D eigenvalue weighted by atomic mass is 10.1. The minimum atomic E-state index is -3.57. The van der Waals surface area contributed by atoms with Gasteiger partial charge in [0, 0.05) is 24.8 Å². The molecule has 0 bridgehead atoms. The Morgan fingerprint density at radius 1 is 0.966 bits per heavy atom. The van der Waals surface area contributed by atoms with E-state index in [0.29, 0.717) is 18.7 Å². The fourth-order valence-corrected chi connectivity index (χ4v) is 4.31. The number of nitrogens with zero attached hydrogens (tertiary/aromatic N) is 2. The van der Waals surface area contributed by atoms with Crippen LogP contribution in [-0.4, -0.2) is 30.2 Å². The Hall–Kier alpha value is -3.03.